The van der Waals surface area contributed by atoms with Crippen LogP contribution in [0.4, 0.5) is 0 Å². The highest BCUT2D eigenvalue weighted by atomic mass is 35.5. The molecule has 194 valence electrons. The van der Waals surface area contributed by atoms with Gasteiger partial charge in [0.25, 0.3) is 5.56 Å². The SMILES string of the molecule is CCOC(=O)C1=C(C)N=c2s/c(=C/c3ccc(-c4cccc(Cl)c4Cl)o3)c(=O)n2[C@@H]1c1ccc(OC)cc1. The number of halogens is 2. The van der Waals surface area contributed by atoms with Crippen molar-refractivity contribution in [2.24, 2.45) is 4.99 Å². The topological polar surface area (TPSA) is 83.0 Å². The highest BCUT2D eigenvalue weighted by molar-refractivity contribution is 7.07. The van der Waals surface area contributed by atoms with E-state index in [-0.39, 0.29) is 12.2 Å². The van der Waals surface area contributed by atoms with Crippen LogP contribution in [0.15, 0.2) is 80.1 Å². The van der Waals surface area contributed by atoms with Crippen LogP contribution >= 0.6 is 34.5 Å². The largest absolute Gasteiger partial charge is 0.497 e. The summed E-state index contributed by atoms with van der Waals surface area (Å²) in [7, 11) is 1.58. The van der Waals surface area contributed by atoms with E-state index in [0.717, 1.165) is 5.56 Å². The summed E-state index contributed by atoms with van der Waals surface area (Å²) in [5.41, 5.74) is 1.88. The first kappa shape index (κ1) is 26.0. The maximum atomic E-state index is 13.7. The van der Waals surface area contributed by atoms with E-state index in [9.17, 15) is 9.59 Å². The number of esters is 1. The summed E-state index contributed by atoms with van der Waals surface area (Å²) in [5.74, 6) is 1.13. The molecule has 0 aliphatic carbocycles. The number of carbonyl (C=O) groups is 1. The first-order chi connectivity index (χ1) is 18.3. The molecule has 0 fully saturated rings. The van der Waals surface area contributed by atoms with Crippen LogP contribution in [0.3, 0.4) is 0 Å². The number of ether oxygens (including phenoxy) is 2. The van der Waals surface area contributed by atoms with Gasteiger partial charge in [0, 0.05) is 11.6 Å². The Morgan fingerprint density at radius 2 is 1.92 bits per heavy atom. The van der Waals surface area contributed by atoms with Crippen molar-refractivity contribution in [3.63, 3.8) is 0 Å². The molecule has 3 heterocycles. The van der Waals surface area contributed by atoms with Gasteiger partial charge in [0.05, 0.1) is 45.6 Å². The third kappa shape index (κ3) is 4.71. The first-order valence-corrected chi connectivity index (χ1v) is 13.3. The Morgan fingerprint density at radius 1 is 1.16 bits per heavy atom. The van der Waals surface area contributed by atoms with Crippen molar-refractivity contribution in [3.8, 4) is 17.1 Å². The van der Waals surface area contributed by atoms with Gasteiger partial charge in [-0.1, -0.05) is 52.7 Å². The lowest BCUT2D eigenvalue weighted by Gasteiger charge is -2.24. The number of allylic oxidation sites excluding steroid dienone is 1. The van der Waals surface area contributed by atoms with Crippen LogP contribution in [0.5, 0.6) is 5.75 Å². The molecule has 1 aliphatic rings. The normalized spacial score (nSPS) is 15.3. The van der Waals surface area contributed by atoms with E-state index < -0.39 is 12.0 Å². The smallest absolute Gasteiger partial charge is 0.338 e. The fraction of sp³-hybridized carbons (Fsp3) is 0.179. The van der Waals surface area contributed by atoms with Crippen molar-refractivity contribution in [1.82, 2.24) is 4.57 Å². The molecule has 0 saturated carbocycles. The van der Waals surface area contributed by atoms with Crippen molar-refractivity contribution in [2.75, 3.05) is 13.7 Å². The van der Waals surface area contributed by atoms with Gasteiger partial charge in [-0.3, -0.25) is 9.36 Å². The summed E-state index contributed by atoms with van der Waals surface area (Å²) >= 11 is 13.7. The molecule has 7 nitrogen and oxygen atoms in total. The highest BCUT2D eigenvalue weighted by Gasteiger charge is 2.33. The number of hydrogen-bond donors (Lipinski definition) is 0. The van der Waals surface area contributed by atoms with E-state index in [1.807, 2.05) is 12.1 Å². The molecule has 0 unspecified atom stereocenters. The molecule has 2 aromatic carbocycles. The Labute approximate surface area is 231 Å². The third-order valence-corrected chi connectivity index (χ3v) is 7.87. The minimum absolute atomic E-state index is 0.201. The summed E-state index contributed by atoms with van der Waals surface area (Å²) in [5, 5.41) is 0.803. The molecule has 1 atom stereocenters. The van der Waals surface area contributed by atoms with Gasteiger partial charge in [0.2, 0.25) is 0 Å². The Morgan fingerprint density at radius 3 is 2.63 bits per heavy atom. The summed E-state index contributed by atoms with van der Waals surface area (Å²) in [6, 6.07) is 15.3. The summed E-state index contributed by atoms with van der Waals surface area (Å²) < 4.78 is 18.5. The highest BCUT2D eigenvalue weighted by Crippen LogP contribution is 2.35. The zero-order valence-electron chi connectivity index (χ0n) is 20.7. The number of aromatic nitrogens is 1. The molecule has 0 N–H and O–H groups in total. The number of furan rings is 1. The molecule has 38 heavy (non-hydrogen) atoms. The number of benzene rings is 2. The summed E-state index contributed by atoms with van der Waals surface area (Å²) in [4.78, 5) is 31.8. The Hall–Kier alpha value is -3.59. The maximum absolute atomic E-state index is 13.7. The number of carbonyl (C=O) groups excluding carboxylic acids is 1. The average molecular weight is 569 g/mol. The Kier molecular flexibility index (Phi) is 7.29. The molecule has 1 aliphatic heterocycles. The van der Waals surface area contributed by atoms with Crippen LogP contribution in [-0.2, 0) is 9.53 Å². The van der Waals surface area contributed by atoms with Gasteiger partial charge in [-0.25, -0.2) is 9.79 Å². The lowest BCUT2D eigenvalue weighted by atomic mass is 9.96. The first-order valence-electron chi connectivity index (χ1n) is 11.7. The molecular weight excluding hydrogens is 547 g/mol. The standard InChI is InChI=1S/C28H22Cl2N2O5S/c1-4-36-27(34)23-15(2)31-28-32(25(23)16-8-10-17(35-3)11-9-16)26(33)22(38-28)14-18-12-13-21(37-18)19-6-5-7-20(29)24(19)30/h5-14,25H,4H2,1-3H3/b22-14+/t25-/m1/s1. The van der Waals surface area contributed by atoms with E-state index in [1.165, 1.54) is 15.9 Å². The van der Waals surface area contributed by atoms with Crippen LogP contribution < -0.4 is 19.6 Å². The zero-order chi connectivity index (χ0) is 27.0. The molecule has 2 aromatic heterocycles. The van der Waals surface area contributed by atoms with Crippen molar-refractivity contribution in [3.05, 3.63) is 107 Å². The van der Waals surface area contributed by atoms with E-state index >= 15 is 0 Å². The fourth-order valence-electron chi connectivity index (χ4n) is 4.29. The summed E-state index contributed by atoms with van der Waals surface area (Å²) in [6.45, 7) is 3.68. The second-order valence-electron chi connectivity index (χ2n) is 8.38. The number of hydrogen-bond acceptors (Lipinski definition) is 7. The molecule has 0 amide bonds. The number of fused-ring (bicyclic) bond motifs is 1. The second kappa shape index (κ2) is 10.6. The molecule has 0 radical (unpaired) electrons. The number of methoxy groups -OCH3 is 1. The minimum atomic E-state index is -0.712. The lowest BCUT2D eigenvalue weighted by Crippen LogP contribution is -2.39. The molecule has 0 saturated heterocycles. The number of rotatable bonds is 6. The second-order valence-corrected chi connectivity index (χ2v) is 10.2. The van der Waals surface area contributed by atoms with Gasteiger partial charge in [0.1, 0.15) is 17.3 Å². The Balaban J connectivity index is 1.64. The lowest BCUT2D eigenvalue weighted by molar-refractivity contribution is -0.139. The van der Waals surface area contributed by atoms with E-state index in [2.05, 4.69) is 4.99 Å². The molecular formula is C28H22Cl2N2O5S. The Bertz CT molecular complexity index is 1750. The monoisotopic (exact) mass is 568 g/mol. The van der Waals surface area contributed by atoms with Crippen molar-refractivity contribution < 1.29 is 18.7 Å². The van der Waals surface area contributed by atoms with Gasteiger partial charge in [-0.2, -0.15) is 0 Å². The van der Waals surface area contributed by atoms with Crippen LogP contribution in [0, 0.1) is 0 Å². The molecule has 5 rings (SSSR count). The van der Waals surface area contributed by atoms with Crippen LogP contribution in [0.1, 0.15) is 31.2 Å². The van der Waals surface area contributed by atoms with Gasteiger partial charge >= 0.3 is 5.97 Å². The van der Waals surface area contributed by atoms with Gasteiger partial charge in [-0.05, 0) is 55.8 Å². The molecule has 0 spiro atoms. The predicted molar refractivity (Wildman–Crippen MR) is 148 cm³/mol. The van der Waals surface area contributed by atoms with Gasteiger partial charge in [0.15, 0.2) is 4.80 Å². The predicted octanol–water partition coefficient (Wildman–Crippen LogP) is 5.37. The maximum Gasteiger partial charge on any atom is 0.338 e. The van der Waals surface area contributed by atoms with Crippen molar-refractivity contribution >= 4 is 46.6 Å². The van der Waals surface area contributed by atoms with Crippen molar-refractivity contribution in [2.45, 2.75) is 19.9 Å². The molecule has 10 heteroatoms. The average Bonchev–Trinajstić information content (AvgIpc) is 3.49. The fourth-order valence-corrected chi connectivity index (χ4v) is 5.71. The van der Waals surface area contributed by atoms with Crippen LogP contribution in [-0.4, -0.2) is 24.3 Å². The third-order valence-electron chi connectivity index (χ3n) is 6.07. The molecule has 4 aromatic rings. The van der Waals surface area contributed by atoms with E-state index in [4.69, 9.17) is 37.1 Å². The number of nitrogens with zero attached hydrogens (tertiary/aromatic N) is 2. The summed E-state index contributed by atoms with van der Waals surface area (Å²) in [6.07, 6.45) is 1.65. The number of thiazole rings is 1. The van der Waals surface area contributed by atoms with E-state index in [1.54, 1.807) is 69.5 Å². The van der Waals surface area contributed by atoms with Crippen LogP contribution in [0.25, 0.3) is 17.4 Å². The van der Waals surface area contributed by atoms with Gasteiger partial charge in [-0.15, -0.1) is 0 Å². The quantitative estimate of drug-likeness (QED) is 0.292. The van der Waals surface area contributed by atoms with E-state index in [0.29, 0.717) is 53.5 Å². The minimum Gasteiger partial charge on any atom is -0.497 e. The van der Waals surface area contributed by atoms with Crippen LogP contribution in [0.2, 0.25) is 10.0 Å². The zero-order valence-corrected chi connectivity index (χ0v) is 23.0. The van der Waals surface area contributed by atoms with Gasteiger partial charge < -0.3 is 13.9 Å². The van der Waals surface area contributed by atoms with Crippen molar-refractivity contribution in [1.29, 1.82) is 0 Å². The molecule has 0 bridgehead atoms.